The number of nitrogens with one attached hydrogen (secondary N) is 1. The van der Waals surface area contributed by atoms with Crippen molar-refractivity contribution in [3.8, 4) is 0 Å². The fourth-order valence-electron chi connectivity index (χ4n) is 5.29. The minimum atomic E-state index is -3.34. The molecule has 6 nitrogen and oxygen atoms in total. The SMILES string of the molecule is O=S(=O)(C1CCCC1)N1Cc2ccccc2N(Cc2cnc[nH]2)[C@@H](CCc2ccccc2)C1. The summed E-state index contributed by atoms with van der Waals surface area (Å²) < 4.78 is 29.2. The summed E-state index contributed by atoms with van der Waals surface area (Å²) in [7, 11) is -3.34. The van der Waals surface area contributed by atoms with E-state index in [2.05, 4.69) is 51.3 Å². The molecule has 1 atom stereocenters. The average Bonchev–Trinajstić information content (AvgIpc) is 3.53. The summed E-state index contributed by atoms with van der Waals surface area (Å²) in [5, 5.41) is -0.237. The van der Waals surface area contributed by atoms with Crippen LogP contribution in [0, 0.1) is 0 Å². The van der Waals surface area contributed by atoms with Crippen molar-refractivity contribution in [1.29, 1.82) is 0 Å². The first-order valence-corrected chi connectivity index (χ1v) is 13.5. The number of imidazole rings is 1. The smallest absolute Gasteiger partial charge is 0.217 e. The maximum absolute atomic E-state index is 13.7. The van der Waals surface area contributed by atoms with Gasteiger partial charge < -0.3 is 9.88 Å². The van der Waals surface area contributed by atoms with Crippen molar-refractivity contribution >= 4 is 15.7 Å². The number of sulfonamides is 1. The molecular formula is C26H32N4O2S. The van der Waals surface area contributed by atoms with Crippen LogP contribution in [0.15, 0.2) is 67.1 Å². The minimum Gasteiger partial charge on any atom is -0.361 e. The highest BCUT2D eigenvalue weighted by Gasteiger charge is 2.38. The summed E-state index contributed by atoms with van der Waals surface area (Å²) in [5.74, 6) is 0. The summed E-state index contributed by atoms with van der Waals surface area (Å²) >= 11 is 0. The van der Waals surface area contributed by atoms with Crippen LogP contribution in [-0.4, -0.2) is 40.5 Å². The number of fused-ring (bicyclic) bond motifs is 1. The number of nitrogens with zero attached hydrogens (tertiary/aromatic N) is 3. The fraction of sp³-hybridized carbons (Fsp3) is 0.423. The normalized spacial score (nSPS) is 20.0. The molecule has 7 heteroatoms. The van der Waals surface area contributed by atoms with Crippen molar-refractivity contribution < 1.29 is 8.42 Å². The van der Waals surface area contributed by atoms with Gasteiger partial charge in [0.05, 0.1) is 23.8 Å². The second-order valence-corrected chi connectivity index (χ2v) is 11.5. The summed E-state index contributed by atoms with van der Waals surface area (Å²) in [4.78, 5) is 9.82. The fourth-order valence-corrected chi connectivity index (χ4v) is 7.34. The van der Waals surface area contributed by atoms with E-state index in [1.807, 2.05) is 24.4 Å². The molecular weight excluding hydrogens is 432 g/mol. The summed E-state index contributed by atoms with van der Waals surface area (Å²) in [6.45, 7) is 1.62. The zero-order chi connectivity index (χ0) is 22.7. The molecule has 3 aromatic rings. The van der Waals surface area contributed by atoms with Crippen molar-refractivity contribution in [2.24, 2.45) is 0 Å². The van der Waals surface area contributed by atoms with Crippen molar-refractivity contribution in [2.75, 3.05) is 11.4 Å². The van der Waals surface area contributed by atoms with Gasteiger partial charge >= 0.3 is 0 Å². The molecule has 1 aromatic heterocycles. The zero-order valence-electron chi connectivity index (χ0n) is 18.9. The van der Waals surface area contributed by atoms with Gasteiger partial charge in [0, 0.05) is 31.0 Å². The first kappa shape index (κ1) is 22.2. The van der Waals surface area contributed by atoms with Gasteiger partial charge in [0.15, 0.2) is 0 Å². The number of anilines is 1. The molecule has 1 saturated carbocycles. The highest BCUT2D eigenvalue weighted by atomic mass is 32.2. The van der Waals surface area contributed by atoms with Crippen molar-refractivity contribution in [1.82, 2.24) is 14.3 Å². The van der Waals surface area contributed by atoms with Gasteiger partial charge in [-0.25, -0.2) is 13.4 Å². The number of aryl methyl sites for hydroxylation is 1. The van der Waals surface area contributed by atoms with E-state index in [1.165, 1.54) is 5.56 Å². The van der Waals surface area contributed by atoms with Crippen LogP contribution in [0.3, 0.4) is 0 Å². The van der Waals surface area contributed by atoms with Crippen molar-refractivity contribution in [3.05, 3.63) is 83.9 Å². The van der Waals surface area contributed by atoms with Gasteiger partial charge in [-0.1, -0.05) is 61.4 Å². The largest absolute Gasteiger partial charge is 0.361 e. The molecule has 33 heavy (non-hydrogen) atoms. The quantitative estimate of drug-likeness (QED) is 0.559. The third-order valence-electron chi connectivity index (χ3n) is 7.09. The molecule has 0 saturated heterocycles. The number of para-hydroxylation sites is 1. The Morgan fingerprint density at radius 1 is 1.00 bits per heavy atom. The molecule has 1 aliphatic carbocycles. The van der Waals surface area contributed by atoms with Crippen molar-refractivity contribution in [3.63, 3.8) is 0 Å². The predicted octanol–water partition coefficient (Wildman–Crippen LogP) is 4.51. The van der Waals surface area contributed by atoms with Gasteiger partial charge in [0.2, 0.25) is 10.0 Å². The molecule has 1 fully saturated rings. The number of benzene rings is 2. The summed E-state index contributed by atoms with van der Waals surface area (Å²) in [5.41, 5.74) is 4.50. The molecule has 0 radical (unpaired) electrons. The van der Waals surface area contributed by atoms with Gasteiger partial charge in [-0.3, -0.25) is 0 Å². The van der Waals surface area contributed by atoms with Gasteiger partial charge in [-0.15, -0.1) is 0 Å². The summed E-state index contributed by atoms with van der Waals surface area (Å²) in [6.07, 6.45) is 8.94. The molecule has 174 valence electrons. The molecule has 1 N–H and O–H groups in total. The maximum atomic E-state index is 13.7. The number of hydrogen-bond donors (Lipinski definition) is 1. The van der Waals surface area contributed by atoms with Gasteiger partial charge in [-0.05, 0) is 42.9 Å². The molecule has 0 amide bonds. The number of aromatic nitrogens is 2. The lowest BCUT2D eigenvalue weighted by molar-refractivity contribution is 0.365. The Morgan fingerprint density at radius 2 is 1.76 bits per heavy atom. The van der Waals surface area contributed by atoms with Crippen LogP contribution in [-0.2, 0) is 29.5 Å². The maximum Gasteiger partial charge on any atom is 0.217 e. The number of rotatable bonds is 7. The molecule has 5 rings (SSSR count). The van der Waals surface area contributed by atoms with Gasteiger partial charge in [-0.2, -0.15) is 4.31 Å². The molecule has 2 aromatic carbocycles. The lowest BCUT2D eigenvalue weighted by Gasteiger charge is -2.34. The van der Waals surface area contributed by atoms with Crippen molar-refractivity contribution in [2.45, 2.75) is 62.9 Å². The van der Waals surface area contributed by atoms with Crippen LogP contribution in [0.4, 0.5) is 5.69 Å². The standard InChI is InChI=1S/C26H32N4O2S/c31-33(32,25-11-5-6-12-25)29-17-22-10-4-7-13-26(22)30(18-23-16-27-20-28-23)24(19-29)15-14-21-8-2-1-3-9-21/h1-4,7-10,13,16,20,24-25H,5-6,11-12,14-15,17-19H2,(H,27,28)/t24-/m0/s1. The Morgan fingerprint density at radius 3 is 2.52 bits per heavy atom. The highest BCUT2D eigenvalue weighted by Crippen LogP contribution is 2.35. The first-order chi connectivity index (χ1) is 16.1. The molecule has 0 spiro atoms. The summed E-state index contributed by atoms with van der Waals surface area (Å²) in [6, 6.07) is 18.8. The average molecular weight is 465 g/mol. The second-order valence-electron chi connectivity index (χ2n) is 9.26. The molecule has 0 unspecified atom stereocenters. The van der Waals surface area contributed by atoms with Gasteiger partial charge in [0.25, 0.3) is 0 Å². The van der Waals surface area contributed by atoms with Crippen LogP contribution < -0.4 is 4.90 Å². The van der Waals surface area contributed by atoms with E-state index < -0.39 is 10.0 Å². The van der Waals surface area contributed by atoms with E-state index in [1.54, 1.807) is 10.6 Å². The number of aromatic amines is 1. The first-order valence-electron chi connectivity index (χ1n) is 12.0. The van der Waals surface area contributed by atoms with E-state index in [9.17, 15) is 8.42 Å². The van der Waals surface area contributed by atoms with E-state index in [-0.39, 0.29) is 11.3 Å². The Kier molecular flexibility index (Phi) is 6.51. The second kappa shape index (κ2) is 9.69. The monoisotopic (exact) mass is 464 g/mol. The van der Waals surface area contributed by atoms with Crippen LogP contribution in [0.25, 0.3) is 0 Å². The lowest BCUT2D eigenvalue weighted by Crippen LogP contribution is -2.45. The molecule has 2 heterocycles. The highest BCUT2D eigenvalue weighted by molar-refractivity contribution is 7.89. The van der Waals surface area contributed by atoms with E-state index in [4.69, 9.17) is 0 Å². The number of hydrogen-bond acceptors (Lipinski definition) is 4. The number of H-pyrrole nitrogens is 1. The van der Waals surface area contributed by atoms with Crippen LogP contribution in [0.5, 0.6) is 0 Å². The predicted molar refractivity (Wildman–Crippen MR) is 131 cm³/mol. The van der Waals surface area contributed by atoms with E-state index in [0.29, 0.717) is 19.6 Å². The van der Waals surface area contributed by atoms with Crippen LogP contribution in [0.2, 0.25) is 0 Å². The minimum absolute atomic E-state index is 0.0633. The van der Waals surface area contributed by atoms with Crippen LogP contribution >= 0.6 is 0 Å². The third kappa shape index (κ3) is 4.84. The molecule has 1 aliphatic heterocycles. The Hall–Kier alpha value is -2.64. The Balaban J connectivity index is 1.50. The van der Waals surface area contributed by atoms with Crippen LogP contribution in [0.1, 0.15) is 48.9 Å². The lowest BCUT2D eigenvalue weighted by atomic mass is 10.0. The Labute approximate surface area is 196 Å². The molecule has 0 bridgehead atoms. The topological polar surface area (TPSA) is 69.3 Å². The zero-order valence-corrected chi connectivity index (χ0v) is 19.8. The third-order valence-corrected chi connectivity index (χ3v) is 9.40. The van der Waals surface area contributed by atoms with Gasteiger partial charge in [0.1, 0.15) is 0 Å². The molecule has 2 aliphatic rings. The Bertz CT molecular complexity index is 1140. The van der Waals surface area contributed by atoms with E-state index in [0.717, 1.165) is 55.5 Å². The van der Waals surface area contributed by atoms with E-state index >= 15 is 0 Å².